The molecule has 0 unspecified atom stereocenters. The van der Waals surface area contributed by atoms with Crippen LogP contribution < -0.4 is 27.9 Å². The van der Waals surface area contributed by atoms with Crippen molar-refractivity contribution in [3.63, 3.8) is 0 Å². The molecule has 15 heavy (non-hydrogen) atoms. The molecule has 2 nitrogen and oxygen atoms in total. The van der Waals surface area contributed by atoms with Gasteiger partial charge in [-0.2, -0.15) is 0 Å². The summed E-state index contributed by atoms with van der Waals surface area (Å²) >= 11 is 0. The third kappa shape index (κ3) is 5.02. The predicted octanol–water partition coefficient (Wildman–Crippen LogP) is -2.00. The van der Waals surface area contributed by atoms with E-state index in [0.29, 0.717) is 0 Å². The molecule has 2 aromatic rings. The molecule has 0 aliphatic carbocycles. The van der Waals surface area contributed by atoms with Crippen molar-refractivity contribution in [2.24, 2.45) is 0 Å². The Morgan fingerprint density at radius 2 is 1.27 bits per heavy atom. The summed E-state index contributed by atoms with van der Waals surface area (Å²) in [4.78, 5) is 8.44. The van der Waals surface area contributed by atoms with E-state index in [1.165, 1.54) is 0 Å². The molecular formula is C10H8BrMgN2P. The first-order valence-electron chi connectivity index (χ1n) is 3.99. The molecule has 0 N–H and O–H groups in total. The zero-order valence-electron chi connectivity index (χ0n) is 8.05. The van der Waals surface area contributed by atoms with Crippen LogP contribution in [0.25, 0.3) is 0 Å². The van der Waals surface area contributed by atoms with E-state index in [0.717, 1.165) is 19.5 Å². The second kappa shape index (κ2) is 8.17. The van der Waals surface area contributed by atoms with E-state index in [1.807, 2.05) is 36.4 Å². The average Bonchev–Trinajstić information content (AvgIpc) is 2.21. The van der Waals surface area contributed by atoms with Gasteiger partial charge in [-0.25, -0.2) is 0 Å². The monoisotopic (exact) mass is 290 g/mol. The third-order valence-corrected chi connectivity index (χ3v) is 2.51. The van der Waals surface area contributed by atoms with E-state index in [9.17, 15) is 0 Å². The molecule has 0 bridgehead atoms. The summed E-state index contributed by atoms with van der Waals surface area (Å²) in [6.45, 7) is 0. The minimum atomic E-state index is 0. The van der Waals surface area contributed by atoms with Crippen LogP contribution in [0.3, 0.4) is 0 Å². The molecule has 2 aromatic heterocycles. The van der Waals surface area contributed by atoms with Gasteiger partial charge in [-0.15, -0.1) is 10.9 Å². The SMILES string of the molecule is [Br-].[Mg+2].c1ccc([P-]c2ccccn2)nc1. The molecular weight excluding hydrogens is 283 g/mol. The van der Waals surface area contributed by atoms with Crippen molar-refractivity contribution in [3.05, 3.63) is 48.8 Å². The molecule has 0 spiro atoms. The Balaban J connectivity index is 0.000000980. The van der Waals surface area contributed by atoms with Crippen LogP contribution in [0.4, 0.5) is 0 Å². The molecule has 0 aliphatic heterocycles. The van der Waals surface area contributed by atoms with E-state index in [1.54, 1.807) is 12.4 Å². The van der Waals surface area contributed by atoms with E-state index in [4.69, 9.17) is 0 Å². The van der Waals surface area contributed by atoms with Gasteiger partial charge in [-0.1, -0.05) is 24.3 Å². The molecule has 0 saturated carbocycles. The van der Waals surface area contributed by atoms with Crippen molar-refractivity contribution >= 4 is 42.5 Å². The second-order valence-corrected chi connectivity index (χ2v) is 3.63. The maximum absolute atomic E-state index is 4.22. The van der Waals surface area contributed by atoms with Crippen LogP contribution in [0.2, 0.25) is 0 Å². The normalized spacial score (nSPS) is 8.53. The predicted molar refractivity (Wildman–Crippen MR) is 60.4 cm³/mol. The van der Waals surface area contributed by atoms with Crippen molar-refractivity contribution < 1.29 is 17.0 Å². The molecule has 5 heteroatoms. The van der Waals surface area contributed by atoms with Gasteiger partial charge in [0.2, 0.25) is 0 Å². The fourth-order valence-electron chi connectivity index (χ4n) is 0.957. The summed E-state index contributed by atoms with van der Waals surface area (Å²) in [6.07, 6.45) is 3.59. The molecule has 0 radical (unpaired) electrons. The zero-order valence-corrected chi connectivity index (χ0v) is 11.9. The van der Waals surface area contributed by atoms with Gasteiger partial charge in [0.1, 0.15) is 0 Å². The van der Waals surface area contributed by atoms with Crippen LogP contribution in [-0.2, 0) is 0 Å². The van der Waals surface area contributed by atoms with E-state index < -0.39 is 0 Å². The van der Waals surface area contributed by atoms with Crippen LogP contribution in [0, 0.1) is 0 Å². The molecule has 0 atom stereocenters. The Bertz CT molecular complexity index is 334. The minimum absolute atomic E-state index is 0. The minimum Gasteiger partial charge on any atom is -1.00 e. The topological polar surface area (TPSA) is 25.8 Å². The van der Waals surface area contributed by atoms with Gasteiger partial charge in [-0.3, -0.25) is 9.97 Å². The van der Waals surface area contributed by atoms with Gasteiger partial charge >= 0.3 is 23.1 Å². The van der Waals surface area contributed by atoms with Crippen molar-refractivity contribution in [2.75, 3.05) is 0 Å². The van der Waals surface area contributed by atoms with Crippen molar-refractivity contribution in [3.8, 4) is 0 Å². The van der Waals surface area contributed by atoms with E-state index in [2.05, 4.69) is 9.97 Å². The fraction of sp³-hybridized carbons (Fsp3) is 0. The summed E-state index contributed by atoms with van der Waals surface area (Å²) in [7, 11) is 1.06. The average molecular weight is 291 g/mol. The molecule has 2 heterocycles. The summed E-state index contributed by atoms with van der Waals surface area (Å²) in [5, 5.41) is 0. The van der Waals surface area contributed by atoms with Crippen molar-refractivity contribution in [1.82, 2.24) is 9.97 Å². The maximum Gasteiger partial charge on any atom is 2.00 e. The van der Waals surface area contributed by atoms with Crippen LogP contribution in [0.5, 0.6) is 0 Å². The van der Waals surface area contributed by atoms with Gasteiger partial charge in [0.05, 0.1) is 0 Å². The molecule has 0 fully saturated rings. The number of hydrogen-bond donors (Lipinski definition) is 0. The number of hydrogen-bond acceptors (Lipinski definition) is 2. The first kappa shape index (κ1) is 15.0. The molecule has 0 saturated heterocycles. The number of aromatic nitrogens is 2. The Morgan fingerprint density at radius 3 is 1.60 bits per heavy atom. The smallest absolute Gasteiger partial charge is 1.00 e. The number of pyridine rings is 2. The summed E-state index contributed by atoms with van der Waals surface area (Å²) in [6, 6.07) is 11.8. The summed E-state index contributed by atoms with van der Waals surface area (Å²) in [5.41, 5.74) is 2.06. The number of halogens is 1. The largest absolute Gasteiger partial charge is 2.00 e. The van der Waals surface area contributed by atoms with E-state index in [-0.39, 0.29) is 40.0 Å². The Kier molecular flexibility index (Phi) is 8.15. The van der Waals surface area contributed by atoms with Gasteiger partial charge in [0.25, 0.3) is 0 Å². The van der Waals surface area contributed by atoms with Gasteiger partial charge in [-0.05, 0) is 12.1 Å². The van der Waals surface area contributed by atoms with Crippen molar-refractivity contribution in [1.29, 1.82) is 0 Å². The van der Waals surface area contributed by atoms with Gasteiger partial charge < -0.3 is 25.6 Å². The molecule has 72 valence electrons. The van der Waals surface area contributed by atoms with E-state index >= 15 is 0 Å². The Labute approximate surface area is 118 Å². The standard InChI is InChI=1S/C10H8N2P.BrH.Mg/c1-3-7-11-9(5-1)13-10-6-2-4-8-12-10;;/h1-8H;1H;/q-1;;+2/p-1. The Hall–Kier alpha value is -0.0238. The first-order chi connectivity index (χ1) is 6.45. The molecule has 0 aliphatic rings. The number of rotatable bonds is 2. The summed E-state index contributed by atoms with van der Waals surface area (Å²) < 4.78 is 0. The van der Waals surface area contributed by atoms with Crippen LogP contribution in [-0.4, -0.2) is 33.0 Å². The molecule has 0 aromatic carbocycles. The quantitative estimate of drug-likeness (QED) is 0.472. The van der Waals surface area contributed by atoms with Gasteiger partial charge in [0, 0.05) is 12.4 Å². The van der Waals surface area contributed by atoms with Crippen LogP contribution in [0.1, 0.15) is 0 Å². The fourth-order valence-corrected chi connectivity index (χ4v) is 1.76. The number of nitrogens with zero attached hydrogens (tertiary/aromatic N) is 2. The zero-order chi connectivity index (χ0) is 8.93. The maximum atomic E-state index is 4.22. The van der Waals surface area contributed by atoms with Gasteiger partial charge in [0.15, 0.2) is 0 Å². The first-order valence-corrected chi connectivity index (χ1v) is 4.88. The molecule has 0 amide bonds. The van der Waals surface area contributed by atoms with Crippen LogP contribution >= 0.6 is 8.58 Å². The van der Waals surface area contributed by atoms with Crippen LogP contribution in [0.15, 0.2) is 48.8 Å². The Morgan fingerprint density at radius 1 is 0.800 bits per heavy atom. The summed E-state index contributed by atoms with van der Waals surface area (Å²) in [5.74, 6) is 0. The third-order valence-electron chi connectivity index (χ3n) is 1.53. The molecule has 2 rings (SSSR count). The van der Waals surface area contributed by atoms with Crippen molar-refractivity contribution in [2.45, 2.75) is 0 Å². The second-order valence-electron chi connectivity index (χ2n) is 2.49.